The van der Waals surface area contributed by atoms with Crippen LogP contribution in [0.3, 0.4) is 0 Å². The summed E-state index contributed by atoms with van der Waals surface area (Å²) < 4.78 is 45.9. The second kappa shape index (κ2) is 7.62. The van der Waals surface area contributed by atoms with Gasteiger partial charge in [0, 0.05) is 13.1 Å². The SMILES string of the molecule is Cc1nn(-c2cccc(C(F)(F)F)c2)c(C)c1C(=O)C(=O)N1C[C@@H](C)O[C@H](C)C1. The van der Waals surface area contributed by atoms with E-state index in [9.17, 15) is 22.8 Å². The molecule has 2 aromatic rings. The summed E-state index contributed by atoms with van der Waals surface area (Å²) in [6.45, 7) is 7.36. The Bertz CT molecular complexity index is 942. The Labute approximate surface area is 166 Å². The third-order valence-electron chi connectivity index (χ3n) is 4.84. The molecule has 1 aliphatic heterocycles. The molecule has 0 saturated carbocycles. The highest BCUT2D eigenvalue weighted by molar-refractivity contribution is 6.43. The number of hydrogen-bond acceptors (Lipinski definition) is 4. The molecular weight excluding hydrogens is 387 g/mol. The Kier molecular flexibility index (Phi) is 5.53. The maximum absolute atomic E-state index is 13.0. The van der Waals surface area contributed by atoms with Crippen molar-refractivity contribution in [3.05, 3.63) is 46.8 Å². The molecule has 1 aromatic carbocycles. The Morgan fingerprint density at radius 1 is 1.14 bits per heavy atom. The van der Waals surface area contributed by atoms with Crippen molar-refractivity contribution in [2.24, 2.45) is 0 Å². The van der Waals surface area contributed by atoms with E-state index in [0.717, 1.165) is 12.1 Å². The van der Waals surface area contributed by atoms with Crippen molar-refractivity contribution in [2.75, 3.05) is 13.1 Å². The summed E-state index contributed by atoms with van der Waals surface area (Å²) in [4.78, 5) is 27.1. The van der Waals surface area contributed by atoms with Gasteiger partial charge in [-0.1, -0.05) is 6.07 Å². The molecule has 29 heavy (non-hydrogen) atoms. The number of rotatable bonds is 3. The Morgan fingerprint density at radius 2 is 1.76 bits per heavy atom. The fraction of sp³-hybridized carbons (Fsp3) is 0.450. The molecule has 0 bridgehead atoms. The zero-order valence-corrected chi connectivity index (χ0v) is 16.6. The number of aromatic nitrogens is 2. The van der Waals surface area contributed by atoms with Crippen molar-refractivity contribution in [1.29, 1.82) is 0 Å². The second-order valence-corrected chi connectivity index (χ2v) is 7.30. The monoisotopic (exact) mass is 409 g/mol. The highest BCUT2D eigenvalue weighted by Crippen LogP contribution is 2.31. The van der Waals surface area contributed by atoms with Gasteiger partial charge >= 0.3 is 6.18 Å². The van der Waals surface area contributed by atoms with Crippen molar-refractivity contribution in [3.63, 3.8) is 0 Å². The van der Waals surface area contributed by atoms with Gasteiger partial charge in [-0.05, 0) is 45.9 Å². The minimum Gasteiger partial charge on any atom is -0.372 e. The third kappa shape index (κ3) is 4.19. The summed E-state index contributed by atoms with van der Waals surface area (Å²) in [5, 5.41) is 4.22. The van der Waals surface area contributed by atoms with Gasteiger partial charge < -0.3 is 9.64 Å². The van der Waals surface area contributed by atoms with Crippen LogP contribution in [0.25, 0.3) is 5.69 Å². The number of Topliss-reactive ketones (excluding diaryl/α,β-unsaturated/α-hetero) is 1. The second-order valence-electron chi connectivity index (χ2n) is 7.30. The van der Waals surface area contributed by atoms with E-state index >= 15 is 0 Å². The van der Waals surface area contributed by atoms with Gasteiger partial charge in [-0.3, -0.25) is 9.59 Å². The number of ketones is 1. The number of halogens is 3. The van der Waals surface area contributed by atoms with Crippen LogP contribution in [-0.4, -0.2) is 51.7 Å². The highest BCUT2D eigenvalue weighted by atomic mass is 19.4. The van der Waals surface area contributed by atoms with Crippen LogP contribution in [0.4, 0.5) is 13.2 Å². The average molecular weight is 409 g/mol. The maximum atomic E-state index is 13.0. The predicted molar refractivity (Wildman–Crippen MR) is 99.0 cm³/mol. The minimum atomic E-state index is -4.50. The lowest BCUT2D eigenvalue weighted by Gasteiger charge is -2.34. The fourth-order valence-electron chi connectivity index (χ4n) is 3.63. The maximum Gasteiger partial charge on any atom is 0.416 e. The quantitative estimate of drug-likeness (QED) is 0.576. The smallest absolute Gasteiger partial charge is 0.372 e. The van der Waals surface area contributed by atoms with Gasteiger partial charge in [0.1, 0.15) is 0 Å². The van der Waals surface area contributed by atoms with Gasteiger partial charge in [0.15, 0.2) is 0 Å². The van der Waals surface area contributed by atoms with Crippen LogP contribution in [-0.2, 0) is 15.7 Å². The van der Waals surface area contributed by atoms with Crippen LogP contribution in [0, 0.1) is 13.8 Å². The number of alkyl halides is 3. The van der Waals surface area contributed by atoms with Crippen LogP contribution < -0.4 is 0 Å². The molecule has 2 heterocycles. The molecule has 3 rings (SSSR count). The van der Waals surface area contributed by atoms with Gasteiger partial charge in [-0.2, -0.15) is 18.3 Å². The number of carbonyl (C=O) groups is 2. The molecule has 0 spiro atoms. The lowest BCUT2D eigenvalue weighted by Crippen LogP contribution is -2.50. The summed E-state index contributed by atoms with van der Waals surface area (Å²) in [6, 6.07) is 4.67. The highest BCUT2D eigenvalue weighted by Gasteiger charge is 2.34. The van der Waals surface area contributed by atoms with E-state index in [2.05, 4.69) is 5.10 Å². The van der Waals surface area contributed by atoms with E-state index in [1.54, 1.807) is 13.8 Å². The number of nitrogens with zero attached hydrogens (tertiary/aromatic N) is 3. The Hall–Kier alpha value is -2.68. The molecule has 1 aliphatic rings. The number of morpholine rings is 1. The summed E-state index contributed by atoms with van der Waals surface area (Å²) in [6.07, 6.45) is -4.87. The van der Waals surface area contributed by atoms with Crippen molar-refractivity contribution in [1.82, 2.24) is 14.7 Å². The standard InChI is InChI=1S/C20H22F3N3O3/c1-11-9-25(10-12(2)29-11)19(28)18(27)17-13(3)24-26(14(17)4)16-7-5-6-15(8-16)20(21,22)23/h5-8,11-12H,9-10H2,1-4H3/t11-,12-/m1/s1. The first-order chi connectivity index (χ1) is 13.5. The van der Waals surface area contributed by atoms with Gasteiger partial charge in [-0.15, -0.1) is 0 Å². The van der Waals surface area contributed by atoms with Crippen LogP contribution in [0.1, 0.15) is 41.2 Å². The van der Waals surface area contributed by atoms with Crippen molar-refractivity contribution >= 4 is 11.7 Å². The average Bonchev–Trinajstić information content (AvgIpc) is 2.93. The van der Waals surface area contributed by atoms with Crippen molar-refractivity contribution in [3.8, 4) is 5.69 Å². The molecule has 1 fully saturated rings. The number of carbonyl (C=O) groups excluding carboxylic acids is 2. The third-order valence-corrected chi connectivity index (χ3v) is 4.84. The molecule has 1 aromatic heterocycles. The number of benzene rings is 1. The number of aryl methyl sites for hydroxylation is 1. The van der Waals surface area contributed by atoms with Crippen LogP contribution in [0.15, 0.2) is 24.3 Å². The van der Waals surface area contributed by atoms with Gasteiger partial charge in [-0.25, -0.2) is 4.68 Å². The molecular formula is C20H22F3N3O3. The van der Waals surface area contributed by atoms with Crippen LogP contribution in [0.5, 0.6) is 0 Å². The van der Waals surface area contributed by atoms with Crippen LogP contribution in [0.2, 0.25) is 0 Å². The van der Waals surface area contributed by atoms with E-state index < -0.39 is 23.4 Å². The first-order valence-electron chi connectivity index (χ1n) is 9.22. The fourth-order valence-corrected chi connectivity index (χ4v) is 3.63. The Balaban J connectivity index is 1.94. The zero-order valence-electron chi connectivity index (χ0n) is 16.6. The minimum absolute atomic E-state index is 0.110. The van der Waals surface area contributed by atoms with Gasteiger partial charge in [0.05, 0.1) is 40.4 Å². The van der Waals surface area contributed by atoms with Gasteiger partial charge in [0.25, 0.3) is 11.7 Å². The topological polar surface area (TPSA) is 64.4 Å². The summed E-state index contributed by atoms with van der Waals surface area (Å²) in [7, 11) is 0. The van der Waals surface area contributed by atoms with E-state index in [-0.39, 0.29) is 29.2 Å². The summed E-state index contributed by atoms with van der Waals surface area (Å²) in [5.74, 6) is -1.39. The zero-order chi connectivity index (χ0) is 21.5. The number of ether oxygens (including phenoxy) is 1. The Morgan fingerprint density at radius 3 is 2.34 bits per heavy atom. The summed E-state index contributed by atoms with van der Waals surface area (Å²) in [5.41, 5.74) is 0.0599. The van der Waals surface area contributed by atoms with Crippen molar-refractivity contribution in [2.45, 2.75) is 46.1 Å². The largest absolute Gasteiger partial charge is 0.416 e. The molecule has 0 N–H and O–H groups in total. The molecule has 0 unspecified atom stereocenters. The van der Waals surface area contributed by atoms with Crippen LogP contribution >= 0.6 is 0 Å². The predicted octanol–water partition coefficient (Wildman–Crippen LogP) is 3.33. The molecule has 2 atom stereocenters. The van der Waals surface area contributed by atoms with Gasteiger partial charge in [0.2, 0.25) is 0 Å². The molecule has 6 nitrogen and oxygen atoms in total. The number of amides is 1. The van der Waals surface area contributed by atoms with Crippen molar-refractivity contribution < 1.29 is 27.5 Å². The first-order valence-corrected chi connectivity index (χ1v) is 9.22. The lowest BCUT2D eigenvalue weighted by molar-refractivity contribution is -0.138. The normalized spacial score (nSPS) is 20.0. The molecule has 1 amide bonds. The molecule has 1 saturated heterocycles. The van der Waals surface area contributed by atoms with E-state index in [1.807, 2.05) is 13.8 Å². The van der Waals surface area contributed by atoms with E-state index in [0.29, 0.717) is 18.8 Å². The lowest BCUT2D eigenvalue weighted by atomic mass is 10.1. The molecule has 156 valence electrons. The van der Waals surface area contributed by atoms with E-state index in [4.69, 9.17) is 4.74 Å². The van der Waals surface area contributed by atoms with E-state index in [1.165, 1.54) is 21.7 Å². The molecule has 0 aliphatic carbocycles. The molecule has 9 heteroatoms. The molecule has 0 radical (unpaired) electrons. The summed E-state index contributed by atoms with van der Waals surface area (Å²) >= 11 is 0. The first kappa shape index (κ1) is 21.0. The number of hydrogen-bond donors (Lipinski definition) is 0.